The minimum atomic E-state index is -0.401. The third kappa shape index (κ3) is 2.43. The first kappa shape index (κ1) is 18.2. The van der Waals surface area contributed by atoms with E-state index in [9.17, 15) is 9.59 Å². The molecule has 0 aliphatic rings. The Balaban J connectivity index is 1.94. The summed E-state index contributed by atoms with van der Waals surface area (Å²) in [5, 5.41) is 0. The van der Waals surface area contributed by atoms with Crippen molar-refractivity contribution >= 4 is 16.9 Å². The summed E-state index contributed by atoms with van der Waals surface area (Å²) >= 11 is 0. The Morgan fingerprint density at radius 1 is 1.00 bits per heavy atom. The number of aromatic nitrogens is 5. The molecular weight excluding hydrogens is 382 g/mol. The maximum absolute atomic E-state index is 13.0. The van der Waals surface area contributed by atoms with Crippen molar-refractivity contribution in [2.75, 3.05) is 0 Å². The van der Waals surface area contributed by atoms with Gasteiger partial charge in [-0.2, -0.15) is 4.98 Å². The molecule has 0 radical (unpaired) electrons. The Labute approximate surface area is 171 Å². The van der Waals surface area contributed by atoms with E-state index in [0.717, 1.165) is 27.3 Å². The van der Waals surface area contributed by atoms with Gasteiger partial charge in [-0.1, -0.05) is 29.8 Å². The van der Waals surface area contributed by atoms with Crippen molar-refractivity contribution in [3.63, 3.8) is 0 Å². The molecule has 4 heterocycles. The maximum Gasteiger partial charge on any atom is 0.332 e. The molecule has 0 saturated heterocycles. The first-order valence-electron chi connectivity index (χ1n) is 9.65. The summed E-state index contributed by atoms with van der Waals surface area (Å²) < 4.78 is 12.0. The SMILES string of the molecule is Cc1ccc(-c2c(C)n3c4c(=O)n(C)c(=O)n(C)c4nc3n2Cc2ccco2)cc1. The summed E-state index contributed by atoms with van der Waals surface area (Å²) in [6.07, 6.45) is 1.63. The van der Waals surface area contributed by atoms with Crippen molar-refractivity contribution in [1.29, 1.82) is 0 Å². The van der Waals surface area contributed by atoms with Crippen molar-refractivity contribution in [1.82, 2.24) is 23.1 Å². The first-order chi connectivity index (χ1) is 14.4. The van der Waals surface area contributed by atoms with Crippen molar-refractivity contribution < 1.29 is 4.42 Å². The summed E-state index contributed by atoms with van der Waals surface area (Å²) in [7, 11) is 3.11. The normalized spacial score (nSPS) is 11.7. The van der Waals surface area contributed by atoms with Crippen molar-refractivity contribution in [3.05, 3.63) is 80.5 Å². The van der Waals surface area contributed by atoms with Crippen LogP contribution in [-0.4, -0.2) is 23.1 Å². The van der Waals surface area contributed by atoms with Gasteiger partial charge >= 0.3 is 5.69 Å². The number of nitrogens with zero attached hydrogens (tertiary/aromatic N) is 5. The lowest BCUT2D eigenvalue weighted by Gasteiger charge is -2.09. The Morgan fingerprint density at radius 2 is 1.73 bits per heavy atom. The highest BCUT2D eigenvalue weighted by Gasteiger charge is 2.24. The highest BCUT2D eigenvalue weighted by atomic mass is 16.3. The van der Waals surface area contributed by atoms with E-state index in [2.05, 4.69) is 24.3 Å². The summed E-state index contributed by atoms with van der Waals surface area (Å²) in [6, 6.07) is 12.0. The van der Waals surface area contributed by atoms with Gasteiger partial charge in [-0.05, 0) is 26.0 Å². The van der Waals surface area contributed by atoms with Gasteiger partial charge in [-0.15, -0.1) is 0 Å². The highest BCUT2D eigenvalue weighted by Crippen LogP contribution is 2.30. The largest absolute Gasteiger partial charge is 0.467 e. The van der Waals surface area contributed by atoms with E-state index < -0.39 is 5.69 Å². The summed E-state index contributed by atoms with van der Waals surface area (Å²) in [5.41, 5.74) is 4.00. The molecule has 8 nitrogen and oxygen atoms in total. The second kappa shape index (κ2) is 6.35. The lowest BCUT2D eigenvalue weighted by Crippen LogP contribution is -2.37. The minimum Gasteiger partial charge on any atom is -0.467 e. The Hall–Kier alpha value is -3.81. The van der Waals surface area contributed by atoms with Crippen LogP contribution in [-0.2, 0) is 20.6 Å². The molecule has 0 fully saturated rings. The highest BCUT2D eigenvalue weighted by molar-refractivity contribution is 5.80. The molecule has 0 atom stereocenters. The Kier molecular flexibility index (Phi) is 3.86. The van der Waals surface area contributed by atoms with E-state index in [1.165, 1.54) is 17.2 Å². The molecule has 0 saturated carbocycles. The molecule has 5 rings (SSSR count). The number of hydrogen-bond acceptors (Lipinski definition) is 4. The van der Waals surface area contributed by atoms with Gasteiger partial charge in [0.1, 0.15) is 5.76 Å². The number of benzene rings is 1. The van der Waals surface area contributed by atoms with Crippen LogP contribution in [0.4, 0.5) is 0 Å². The molecule has 4 aromatic heterocycles. The van der Waals surface area contributed by atoms with Gasteiger partial charge in [0, 0.05) is 25.4 Å². The average Bonchev–Trinajstić information content (AvgIpc) is 3.44. The molecule has 5 aromatic rings. The van der Waals surface area contributed by atoms with Gasteiger partial charge in [0.25, 0.3) is 5.56 Å². The number of imidazole rings is 2. The molecule has 152 valence electrons. The van der Waals surface area contributed by atoms with Crippen LogP contribution in [0.5, 0.6) is 0 Å². The Morgan fingerprint density at radius 3 is 2.40 bits per heavy atom. The van der Waals surface area contributed by atoms with Crippen molar-refractivity contribution in [3.8, 4) is 11.3 Å². The molecule has 0 unspecified atom stereocenters. The van der Waals surface area contributed by atoms with E-state index in [1.807, 2.05) is 34.9 Å². The standard InChI is InChI=1S/C22H21N5O3/c1-13-7-9-15(10-8-13)17-14(2)27-18-19(24(3)22(29)25(4)20(18)28)23-21(27)26(17)12-16-6-5-11-30-16/h5-11H,12H2,1-4H3. The van der Waals surface area contributed by atoms with Crippen LogP contribution in [0.3, 0.4) is 0 Å². The van der Waals surface area contributed by atoms with Gasteiger partial charge in [0.15, 0.2) is 11.2 Å². The molecule has 1 aromatic carbocycles. The molecular formula is C22H21N5O3. The van der Waals surface area contributed by atoms with E-state index in [1.54, 1.807) is 13.3 Å². The van der Waals surface area contributed by atoms with Gasteiger partial charge in [0.05, 0.1) is 18.5 Å². The predicted molar refractivity (Wildman–Crippen MR) is 114 cm³/mol. The van der Waals surface area contributed by atoms with E-state index in [0.29, 0.717) is 23.5 Å². The lowest BCUT2D eigenvalue weighted by atomic mass is 10.1. The minimum absolute atomic E-state index is 0.366. The fourth-order valence-electron chi connectivity index (χ4n) is 4.07. The second-order valence-corrected chi connectivity index (χ2v) is 7.59. The molecule has 8 heteroatoms. The summed E-state index contributed by atoms with van der Waals surface area (Å²) in [6.45, 7) is 4.46. The number of hydrogen-bond donors (Lipinski definition) is 0. The maximum atomic E-state index is 13.0. The third-order valence-corrected chi connectivity index (χ3v) is 5.65. The number of furan rings is 1. The number of aryl methyl sites for hydroxylation is 3. The topological polar surface area (TPSA) is 79.4 Å². The van der Waals surface area contributed by atoms with Crippen molar-refractivity contribution in [2.45, 2.75) is 20.4 Å². The molecule has 0 N–H and O–H groups in total. The first-order valence-corrected chi connectivity index (χ1v) is 9.65. The second-order valence-electron chi connectivity index (χ2n) is 7.59. The zero-order valence-corrected chi connectivity index (χ0v) is 17.2. The molecule has 0 bridgehead atoms. The molecule has 30 heavy (non-hydrogen) atoms. The fourth-order valence-corrected chi connectivity index (χ4v) is 4.07. The van der Waals surface area contributed by atoms with E-state index in [-0.39, 0.29) is 5.56 Å². The van der Waals surface area contributed by atoms with Crippen molar-refractivity contribution in [2.24, 2.45) is 14.1 Å². The summed E-state index contributed by atoms with van der Waals surface area (Å²) in [4.78, 5) is 30.1. The molecule has 0 aliphatic heterocycles. The number of rotatable bonds is 3. The van der Waals surface area contributed by atoms with E-state index in [4.69, 9.17) is 9.40 Å². The van der Waals surface area contributed by atoms with E-state index >= 15 is 0 Å². The van der Waals surface area contributed by atoms with Gasteiger partial charge < -0.3 is 8.98 Å². The van der Waals surface area contributed by atoms with Crippen LogP contribution >= 0.6 is 0 Å². The molecule has 0 amide bonds. The van der Waals surface area contributed by atoms with Crippen LogP contribution in [0.25, 0.3) is 28.2 Å². The van der Waals surface area contributed by atoms with Gasteiger partial charge in [0.2, 0.25) is 5.78 Å². The summed E-state index contributed by atoms with van der Waals surface area (Å²) in [5.74, 6) is 1.36. The van der Waals surface area contributed by atoms with Gasteiger partial charge in [-0.3, -0.25) is 18.3 Å². The Bertz CT molecular complexity index is 1530. The smallest absolute Gasteiger partial charge is 0.332 e. The lowest BCUT2D eigenvalue weighted by molar-refractivity contribution is 0.497. The predicted octanol–water partition coefficient (Wildman–Crippen LogP) is 2.61. The monoisotopic (exact) mass is 403 g/mol. The zero-order valence-electron chi connectivity index (χ0n) is 17.2. The third-order valence-electron chi connectivity index (χ3n) is 5.65. The molecule has 0 aliphatic carbocycles. The zero-order chi connectivity index (χ0) is 21.2. The average molecular weight is 403 g/mol. The van der Waals surface area contributed by atoms with Crippen LogP contribution in [0.15, 0.2) is 56.7 Å². The van der Waals surface area contributed by atoms with Crippen LogP contribution in [0.2, 0.25) is 0 Å². The van der Waals surface area contributed by atoms with Crippen LogP contribution in [0.1, 0.15) is 17.0 Å². The van der Waals surface area contributed by atoms with Gasteiger partial charge in [-0.25, -0.2) is 4.79 Å². The van der Waals surface area contributed by atoms with Crippen LogP contribution in [0, 0.1) is 13.8 Å². The number of fused-ring (bicyclic) bond motifs is 3. The quantitative estimate of drug-likeness (QED) is 0.464. The molecule has 0 spiro atoms. The van der Waals surface area contributed by atoms with Crippen LogP contribution < -0.4 is 11.2 Å². The fraction of sp³-hybridized carbons (Fsp3) is 0.227.